The van der Waals surface area contributed by atoms with Crippen LogP contribution in [0.1, 0.15) is 20.9 Å². The van der Waals surface area contributed by atoms with E-state index in [1.54, 1.807) is 13.0 Å². The molecule has 7 nitrogen and oxygen atoms in total. The van der Waals surface area contributed by atoms with Crippen molar-refractivity contribution in [3.63, 3.8) is 0 Å². The number of sulfonamides is 1. The molecular weight excluding hydrogens is 290 g/mol. The molecule has 0 radical (unpaired) electrons. The number of thiophene rings is 1. The Labute approximate surface area is 113 Å². The molecule has 0 aliphatic carbocycles. The van der Waals surface area contributed by atoms with Crippen LogP contribution in [0.25, 0.3) is 0 Å². The molecule has 2 aromatic heterocycles. The monoisotopic (exact) mass is 301 g/mol. The molecule has 0 bridgehead atoms. The highest BCUT2D eigenvalue weighted by molar-refractivity contribution is 7.89. The molecule has 9 heteroatoms. The molecular formula is C10H11N3O4S2. The highest BCUT2D eigenvalue weighted by Crippen LogP contribution is 2.26. The first-order chi connectivity index (χ1) is 8.92. The van der Waals surface area contributed by atoms with Gasteiger partial charge in [-0.1, -0.05) is 0 Å². The van der Waals surface area contributed by atoms with Gasteiger partial charge in [-0.15, -0.1) is 11.3 Å². The first-order valence-corrected chi connectivity index (χ1v) is 7.57. The highest BCUT2D eigenvalue weighted by Gasteiger charge is 2.26. The minimum atomic E-state index is -3.87. The predicted octanol–water partition coefficient (Wildman–Crippen LogP) is 0.956. The van der Waals surface area contributed by atoms with E-state index >= 15 is 0 Å². The van der Waals surface area contributed by atoms with Crippen molar-refractivity contribution in [2.75, 3.05) is 0 Å². The van der Waals surface area contributed by atoms with Gasteiger partial charge in [0.15, 0.2) is 0 Å². The first-order valence-electron chi connectivity index (χ1n) is 5.21. The van der Waals surface area contributed by atoms with E-state index in [2.05, 4.69) is 14.9 Å². The number of aromatic carboxylic acids is 1. The molecule has 2 rings (SSSR count). The summed E-state index contributed by atoms with van der Waals surface area (Å²) in [5.41, 5.74) is 1.01. The third-order valence-electron chi connectivity index (χ3n) is 2.39. The minimum Gasteiger partial charge on any atom is -0.477 e. The Morgan fingerprint density at radius 2 is 2.32 bits per heavy atom. The van der Waals surface area contributed by atoms with Crippen LogP contribution >= 0.6 is 11.3 Å². The first kappa shape index (κ1) is 13.7. The lowest BCUT2D eigenvalue weighted by Gasteiger charge is -2.06. The zero-order valence-corrected chi connectivity index (χ0v) is 11.5. The van der Waals surface area contributed by atoms with Gasteiger partial charge < -0.3 is 5.11 Å². The van der Waals surface area contributed by atoms with Gasteiger partial charge in [0.05, 0.1) is 12.2 Å². The molecule has 3 N–H and O–H groups in total. The lowest BCUT2D eigenvalue weighted by Crippen LogP contribution is -2.25. The normalized spacial score (nSPS) is 11.6. The van der Waals surface area contributed by atoms with E-state index in [-0.39, 0.29) is 16.3 Å². The SMILES string of the molecule is Cc1csc(C(=O)O)c1S(=O)(=O)NCc1ccn[nH]1. The quantitative estimate of drug-likeness (QED) is 0.761. The third-order valence-corrected chi connectivity index (χ3v) is 5.19. The molecule has 0 unspecified atom stereocenters. The van der Waals surface area contributed by atoms with Gasteiger partial charge in [-0.05, 0) is 23.9 Å². The van der Waals surface area contributed by atoms with Crippen molar-refractivity contribution in [2.45, 2.75) is 18.4 Å². The maximum Gasteiger partial charge on any atom is 0.347 e. The van der Waals surface area contributed by atoms with Crippen molar-refractivity contribution in [2.24, 2.45) is 0 Å². The third kappa shape index (κ3) is 2.83. The van der Waals surface area contributed by atoms with Crippen molar-refractivity contribution in [3.05, 3.63) is 33.8 Å². The van der Waals surface area contributed by atoms with Gasteiger partial charge >= 0.3 is 5.97 Å². The Hall–Kier alpha value is -1.71. The largest absolute Gasteiger partial charge is 0.477 e. The Morgan fingerprint density at radius 3 is 2.89 bits per heavy atom. The second kappa shape index (κ2) is 5.11. The summed E-state index contributed by atoms with van der Waals surface area (Å²) in [7, 11) is -3.87. The van der Waals surface area contributed by atoms with Crippen molar-refractivity contribution >= 4 is 27.3 Å². The number of aromatic nitrogens is 2. The number of carboxylic acids is 1. The summed E-state index contributed by atoms with van der Waals surface area (Å²) in [4.78, 5) is 10.7. The molecule has 102 valence electrons. The summed E-state index contributed by atoms with van der Waals surface area (Å²) in [5, 5.41) is 16.8. The van der Waals surface area contributed by atoms with E-state index in [1.807, 2.05) is 0 Å². The van der Waals surface area contributed by atoms with Crippen molar-refractivity contribution in [1.29, 1.82) is 0 Å². The van der Waals surface area contributed by atoms with Crippen LogP contribution in [0.3, 0.4) is 0 Å². The van der Waals surface area contributed by atoms with E-state index in [0.29, 0.717) is 11.3 Å². The second-order valence-electron chi connectivity index (χ2n) is 3.79. The lowest BCUT2D eigenvalue weighted by molar-refractivity contribution is 0.0698. The molecule has 0 amide bonds. The van der Waals surface area contributed by atoms with Gasteiger partial charge in [-0.2, -0.15) is 5.10 Å². The summed E-state index contributed by atoms with van der Waals surface area (Å²) in [6.45, 7) is 1.59. The topological polar surface area (TPSA) is 112 Å². The number of H-pyrrole nitrogens is 1. The molecule has 19 heavy (non-hydrogen) atoms. The summed E-state index contributed by atoms with van der Waals surface area (Å²) >= 11 is 0.896. The van der Waals surface area contributed by atoms with E-state index in [4.69, 9.17) is 5.11 Å². The molecule has 0 atom stereocenters. The Morgan fingerprint density at radius 1 is 1.58 bits per heavy atom. The molecule has 0 saturated carbocycles. The fourth-order valence-corrected chi connectivity index (χ4v) is 4.18. The van der Waals surface area contributed by atoms with E-state index in [0.717, 1.165) is 11.3 Å². The summed E-state index contributed by atoms with van der Waals surface area (Å²) < 4.78 is 26.6. The van der Waals surface area contributed by atoms with Crippen LogP contribution < -0.4 is 4.72 Å². The fourth-order valence-electron chi connectivity index (χ4n) is 1.54. The van der Waals surface area contributed by atoms with Crippen molar-refractivity contribution in [1.82, 2.24) is 14.9 Å². The summed E-state index contributed by atoms with van der Waals surface area (Å²) in [5.74, 6) is -1.25. The summed E-state index contributed by atoms with van der Waals surface area (Å²) in [6.07, 6.45) is 1.50. The maximum absolute atomic E-state index is 12.1. The number of aryl methyl sites for hydroxylation is 1. The zero-order chi connectivity index (χ0) is 14.0. The number of nitrogens with zero attached hydrogens (tertiary/aromatic N) is 1. The fraction of sp³-hybridized carbons (Fsp3) is 0.200. The minimum absolute atomic E-state index is 0.0245. The molecule has 2 heterocycles. The van der Waals surface area contributed by atoms with Gasteiger partial charge in [-0.25, -0.2) is 17.9 Å². The lowest BCUT2D eigenvalue weighted by atomic mass is 10.3. The highest BCUT2D eigenvalue weighted by atomic mass is 32.2. The van der Waals surface area contributed by atoms with Crippen LogP contribution in [0.15, 0.2) is 22.5 Å². The van der Waals surface area contributed by atoms with Crippen LogP contribution in [0.4, 0.5) is 0 Å². The van der Waals surface area contributed by atoms with E-state index < -0.39 is 16.0 Å². The Balaban J connectivity index is 2.29. The molecule has 2 aromatic rings. The van der Waals surface area contributed by atoms with Gasteiger partial charge in [0, 0.05) is 6.20 Å². The van der Waals surface area contributed by atoms with E-state index in [9.17, 15) is 13.2 Å². The second-order valence-corrected chi connectivity index (χ2v) is 6.37. The predicted molar refractivity (Wildman–Crippen MR) is 68.6 cm³/mol. The van der Waals surface area contributed by atoms with Gasteiger partial charge in [-0.3, -0.25) is 5.10 Å². The average Bonchev–Trinajstić information content (AvgIpc) is 2.95. The van der Waals surface area contributed by atoms with Gasteiger partial charge in [0.2, 0.25) is 10.0 Å². The molecule has 0 aliphatic rings. The maximum atomic E-state index is 12.1. The van der Waals surface area contributed by atoms with E-state index in [1.165, 1.54) is 11.6 Å². The van der Waals surface area contributed by atoms with Crippen LogP contribution in [-0.2, 0) is 16.6 Å². The number of carbonyl (C=O) groups is 1. The standard InChI is InChI=1S/C10H11N3O4S2/c1-6-5-18-8(10(14)15)9(6)19(16,17)12-4-7-2-3-11-13-7/h2-3,5,12H,4H2,1H3,(H,11,13)(H,14,15). The number of hydrogen-bond acceptors (Lipinski definition) is 5. The van der Waals surface area contributed by atoms with Crippen LogP contribution in [0.5, 0.6) is 0 Å². The van der Waals surface area contributed by atoms with Crippen LogP contribution in [-0.4, -0.2) is 29.7 Å². The van der Waals surface area contributed by atoms with Gasteiger partial charge in [0.1, 0.15) is 9.77 Å². The number of rotatable bonds is 5. The zero-order valence-electron chi connectivity index (χ0n) is 9.87. The Kier molecular flexibility index (Phi) is 3.69. The molecule has 0 saturated heterocycles. The van der Waals surface area contributed by atoms with Crippen LogP contribution in [0, 0.1) is 6.92 Å². The number of carboxylic acid groups (broad SMARTS) is 1. The Bertz CT molecular complexity index is 688. The van der Waals surface area contributed by atoms with Crippen LogP contribution in [0.2, 0.25) is 0 Å². The van der Waals surface area contributed by atoms with Crippen molar-refractivity contribution in [3.8, 4) is 0 Å². The molecule has 0 fully saturated rings. The molecule has 0 spiro atoms. The van der Waals surface area contributed by atoms with Crippen molar-refractivity contribution < 1.29 is 18.3 Å². The average molecular weight is 301 g/mol. The van der Waals surface area contributed by atoms with Gasteiger partial charge in [0.25, 0.3) is 0 Å². The number of nitrogens with one attached hydrogen (secondary N) is 2. The molecule has 0 aliphatic heterocycles. The smallest absolute Gasteiger partial charge is 0.347 e. The summed E-state index contributed by atoms with van der Waals surface area (Å²) in [6, 6.07) is 1.63. The number of hydrogen-bond donors (Lipinski definition) is 3. The molecule has 0 aromatic carbocycles. The number of aromatic amines is 1.